The second-order valence-corrected chi connectivity index (χ2v) is 3.83. The Morgan fingerprint density at radius 1 is 1.37 bits per heavy atom. The van der Waals surface area contributed by atoms with Crippen molar-refractivity contribution in [2.75, 3.05) is 20.8 Å². The SMILES string of the molecule is CCOC(=O)C(N)C(O)c1ccc(OC)cc1OC. The summed E-state index contributed by atoms with van der Waals surface area (Å²) in [5, 5.41) is 10.1. The van der Waals surface area contributed by atoms with E-state index in [1.165, 1.54) is 14.2 Å². The lowest BCUT2D eigenvalue weighted by Gasteiger charge is -2.20. The fourth-order valence-corrected chi connectivity index (χ4v) is 1.62. The van der Waals surface area contributed by atoms with Crippen molar-refractivity contribution in [2.24, 2.45) is 5.73 Å². The first-order valence-electron chi connectivity index (χ1n) is 5.87. The molecule has 1 aromatic carbocycles. The van der Waals surface area contributed by atoms with Crippen molar-refractivity contribution in [1.29, 1.82) is 0 Å². The molecule has 1 rings (SSSR count). The van der Waals surface area contributed by atoms with Crippen molar-refractivity contribution < 1.29 is 24.1 Å². The fourth-order valence-electron chi connectivity index (χ4n) is 1.62. The molecule has 1 aromatic rings. The van der Waals surface area contributed by atoms with Gasteiger partial charge in [0.1, 0.15) is 23.6 Å². The summed E-state index contributed by atoms with van der Waals surface area (Å²) in [6.45, 7) is 1.88. The first-order chi connectivity index (χ1) is 9.04. The Balaban J connectivity index is 2.98. The standard InChI is InChI=1S/C13H19NO5/c1-4-19-13(16)11(14)12(15)9-6-5-8(17-2)7-10(9)18-3/h5-7,11-12,15H,4,14H2,1-3H3. The van der Waals surface area contributed by atoms with Crippen LogP contribution in [-0.2, 0) is 9.53 Å². The monoisotopic (exact) mass is 269 g/mol. The Morgan fingerprint density at radius 3 is 2.58 bits per heavy atom. The maximum atomic E-state index is 11.5. The van der Waals surface area contributed by atoms with Gasteiger partial charge in [0.2, 0.25) is 0 Å². The lowest BCUT2D eigenvalue weighted by molar-refractivity contribution is -0.147. The molecule has 3 N–H and O–H groups in total. The van der Waals surface area contributed by atoms with Gasteiger partial charge in [0.05, 0.1) is 20.8 Å². The fraction of sp³-hybridized carbons (Fsp3) is 0.462. The van der Waals surface area contributed by atoms with Crippen LogP contribution in [0, 0.1) is 0 Å². The number of benzene rings is 1. The van der Waals surface area contributed by atoms with E-state index in [1.54, 1.807) is 25.1 Å². The number of methoxy groups -OCH3 is 2. The largest absolute Gasteiger partial charge is 0.497 e. The van der Waals surface area contributed by atoms with E-state index in [0.717, 1.165) is 0 Å². The summed E-state index contributed by atoms with van der Waals surface area (Å²) in [5.74, 6) is 0.317. The Labute approximate surface area is 112 Å². The van der Waals surface area contributed by atoms with Crippen LogP contribution >= 0.6 is 0 Å². The van der Waals surface area contributed by atoms with Crippen LogP contribution in [0.1, 0.15) is 18.6 Å². The highest BCUT2D eigenvalue weighted by atomic mass is 16.5. The van der Waals surface area contributed by atoms with E-state index in [9.17, 15) is 9.90 Å². The number of aliphatic hydroxyl groups excluding tert-OH is 1. The molecule has 19 heavy (non-hydrogen) atoms. The normalized spacial score (nSPS) is 13.5. The Bertz CT molecular complexity index is 435. The average molecular weight is 269 g/mol. The molecule has 0 saturated heterocycles. The van der Waals surface area contributed by atoms with Gasteiger partial charge in [-0.05, 0) is 19.1 Å². The minimum atomic E-state index is -1.21. The molecule has 0 bridgehead atoms. The van der Waals surface area contributed by atoms with E-state index in [1.807, 2.05) is 0 Å². The molecule has 0 amide bonds. The zero-order chi connectivity index (χ0) is 14.4. The van der Waals surface area contributed by atoms with Gasteiger partial charge in [-0.15, -0.1) is 0 Å². The lowest BCUT2D eigenvalue weighted by Crippen LogP contribution is -2.38. The van der Waals surface area contributed by atoms with Crippen molar-refractivity contribution in [1.82, 2.24) is 0 Å². The molecule has 0 aliphatic heterocycles. The third-order valence-corrected chi connectivity index (χ3v) is 2.66. The average Bonchev–Trinajstić information content (AvgIpc) is 2.45. The van der Waals surface area contributed by atoms with Gasteiger partial charge in [-0.1, -0.05) is 0 Å². The minimum Gasteiger partial charge on any atom is -0.497 e. The highest BCUT2D eigenvalue weighted by Gasteiger charge is 2.27. The second kappa shape index (κ2) is 6.96. The molecule has 0 heterocycles. The van der Waals surface area contributed by atoms with Crippen molar-refractivity contribution in [3.63, 3.8) is 0 Å². The van der Waals surface area contributed by atoms with E-state index < -0.39 is 18.1 Å². The van der Waals surface area contributed by atoms with Crippen LogP contribution in [0.2, 0.25) is 0 Å². The molecule has 6 heteroatoms. The predicted octanol–water partition coefficient (Wildman–Crippen LogP) is 0.628. The highest BCUT2D eigenvalue weighted by molar-refractivity contribution is 5.76. The summed E-state index contributed by atoms with van der Waals surface area (Å²) in [7, 11) is 2.98. The van der Waals surface area contributed by atoms with E-state index in [4.69, 9.17) is 19.9 Å². The van der Waals surface area contributed by atoms with E-state index in [-0.39, 0.29) is 6.61 Å². The van der Waals surface area contributed by atoms with Crippen LogP contribution in [0.3, 0.4) is 0 Å². The maximum Gasteiger partial charge on any atom is 0.325 e. The van der Waals surface area contributed by atoms with Gasteiger partial charge >= 0.3 is 5.97 Å². The van der Waals surface area contributed by atoms with E-state index in [0.29, 0.717) is 17.1 Å². The molecule has 0 aliphatic carbocycles. The minimum absolute atomic E-state index is 0.207. The number of ether oxygens (including phenoxy) is 3. The van der Waals surface area contributed by atoms with Crippen LogP contribution in [0.4, 0.5) is 0 Å². The van der Waals surface area contributed by atoms with E-state index in [2.05, 4.69) is 0 Å². The number of carbonyl (C=O) groups excluding carboxylic acids is 1. The van der Waals surface area contributed by atoms with Crippen molar-refractivity contribution in [2.45, 2.75) is 19.1 Å². The van der Waals surface area contributed by atoms with Crippen LogP contribution < -0.4 is 15.2 Å². The van der Waals surface area contributed by atoms with Crippen molar-refractivity contribution in [3.05, 3.63) is 23.8 Å². The molecule has 6 nitrogen and oxygen atoms in total. The van der Waals surface area contributed by atoms with Crippen molar-refractivity contribution >= 4 is 5.97 Å². The molecule has 0 aromatic heterocycles. The van der Waals surface area contributed by atoms with Crippen LogP contribution in [0.25, 0.3) is 0 Å². The molecule has 0 fully saturated rings. The summed E-state index contributed by atoms with van der Waals surface area (Å²) in [6, 6.07) is 3.69. The van der Waals surface area contributed by atoms with Gasteiger partial charge in [0, 0.05) is 11.6 Å². The number of hydrogen-bond acceptors (Lipinski definition) is 6. The molecule has 0 spiro atoms. The number of aliphatic hydroxyl groups is 1. The second-order valence-electron chi connectivity index (χ2n) is 3.83. The third-order valence-electron chi connectivity index (χ3n) is 2.66. The van der Waals surface area contributed by atoms with Crippen LogP contribution in [0.15, 0.2) is 18.2 Å². The van der Waals surface area contributed by atoms with Gasteiger partial charge in [-0.25, -0.2) is 0 Å². The van der Waals surface area contributed by atoms with Gasteiger partial charge in [0.25, 0.3) is 0 Å². The summed E-state index contributed by atoms with van der Waals surface area (Å²) in [6.07, 6.45) is -1.21. The predicted molar refractivity (Wildman–Crippen MR) is 69.1 cm³/mol. The maximum absolute atomic E-state index is 11.5. The highest BCUT2D eigenvalue weighted by Crippen LogP contribution is 2.30. The summed E-state index contributed by atoms with van der Waals surface area (Å²) < 4.78 is 15.0. The zero-order valence-corrected chi connectivity index (χ0v) is 11.3. The smallest absolute Gasteiger partial charge is 0.325 e. The number of carbonyl (C=O) groups is 1. The number of rotatable bonds is 6. The first kappa shape index (κ1) is 15.3. The Morgan fingerprint density at radius 2 is 2.05 bits per heavy atom. The van der Waals surface area contributed by atoms with Crippen LogP contribution in [-0.4, -0.2) is 37.9 Å². The quantitative estimate of drug-likeness (QED) is 0.736. The molecule has 0 aliphatic rings. The number of esters is 1. The molecule has 0 saturated carbocycles. The molecule has 106 valence electrons. The first-order valence-corrected chi connectivity index (χ1v) is 5.87. The third kappa shape index (κ3) is 3.59. The van der Waals surface area contributed by atoms with Gasteiger partial charge in [0.15, 0.2) is 0 Å². The number of hydrogen-bond donors (Lipinski definition) is 2. The van der Waals surface area contributed by atoms with Gasteiger partial charge in [-0.2, -0.15) is 0 Å². The zero-order valence-electron chi connectivity index (χ0n) is 11.3. The topological polar surface area (TPSA) is 91.0 Å². The van der Waals surface area contributed by atoms with Gasteiger partial charge in [-0.3, -0.25) is 4.79 Å². The Hall–Kier alpha value is -1.79. The summed E-state index contributed by atoms with van der Waals surface area (Å²) in [4.78, 5) is 11.5. The van der Waals surface area contributed by atoms with Crippen molar-refractivity contribution in [3.8, 4) is 11.5 Å². The Kier molecular flexibility index (Phi) is 5.59. The number of nitrogens with two attached hydrogens (primary N) is 1. The molecular weight excluding hydrogens is 250 g/mol. The van der Waals surface area contributed by atoms with Gasteiger partial charge < -0.3 is 25.1 Å². The van der Waals surface area contributed by atoms with Crippen LogP contribution in [0.5, 0.6) is 11.5 Å². The lowest BCUT2D eigenvalue weighted by atomic mass is 10.0. The summed E-state index contributed by atoms with van der Waals surface area (Å²) >= 11 is 0. The summed E-state index contributed by atoms with van der Waals surface area (Å²) in [5.41, 5.74) is 6.07. The molecule has 2 unspecified atom stereocenters. The molecule has 0 radical (unpaired) electrons. The molecule has 2 atom stereocenters. The molecular formula is C13H19NO5. The van der Waals surface area contributed by atoms with E-state index >= 15 is 0 Å².